The van der Waals surface area contributed by atoms with Crippen molar-refractivity contribution in [2.75, 3.05) is 18.9 Å². The molecule has 1 atom stereocenters. The largest absolute Gasteiger partial charge is 0.459 e. The molecule has 1 aliphatic carbocycles. The Morgan fingerprint density at radius 3 is 2.70 bits per heavy atom. The smallest absolute Gasteiger partial charge is 0.323 e. The van der Waals surface area contributed by atoms with Gasteiger partial charge in [-0.25, -0.2) is 4.98 Å². The van der Waals surface area contributed by atoms with Crippen LogP contribution in [-0.2, 0) is 27.2 Å². The highest BCUT2D eigenvalue weighted by Crippen LogP contribution is 2.30. The molecule has 128 valence electrons. The molecular formula is C16H25N3O3S. The number of carbonyl (C=O) groups excluding carboxylic acids is 2. The summed E-state index contributed by atoms with van der Waals surface area (Å²) in [7, 11) is 1.73. The Balaban J connectivity index is 1.85. The Hall–Kier alpha value is -1.47. The molecule has 23 heavy (non-hydrogen) atoms. The van der Waals surface area contributed by atoms with Crippen molar-refractivity contribution < 1.29 is 14.3 Å². The van der Waals surface area contributed by atoms with Gasteiger partial charge in [-0.2, -0.15) is 0 Å². The predicted molar refractivity (Wildman–Crippen MR) is 90.7 cm³/mol. The van der Waals surface area contributed by atoms with E-state index in [-0.39, 0.29) is 18.4 Å². The van der Waals surface area contributed by atoms with Crippen molar-refractivity contribution >= 4 is 28.3 Å². The number of hydrogen-bond acceptors (Lipinski definition) is 6. The second kappa shape index (κ2) is 6.97. The minimum atomic E-state index is -0.532. The fourth-order valence-electron chi connectivity index (χ4n) is 2.33. The van der Waals surface area contributed by atoms with Crippen LogP contribution in [0.15, 0.2) is 0 Å². The molecule has 2 rings (SSSR count). The van der Waals surface area contributed by atoms with Gasteiger partial charge in [0.1, 0.15) is 11.6 Å². The van der Waals surface area contributed by atoms with Gasteiger partial charge in [-0.1, -0.05) is 0 Å². The fourth-order valence-corrected chi connectivity index (χ4v) is 3.40. The first-order valence-corrected chi connectivity index (χ1v) is 8.69. The zero-order valence-corrected chi connectivity index (χ0v) is 15.2. The molecule has 1 N–H and O–H groups in total. The van der Waals surface area contributed by atoms with Crippen LogP contribution in [0.2, 0.25) is 0 Å². The average molecular weight is 339 g/mol. The average Bonchev–Trinajstić information content (AvgIpc) is 2.96. The summed E-state index contributed by atoms with van der Waals surface area (Å²) < 4.78 is 5.34. The Labute approximate surface area is 141 Å². The van der Waals surface area contributed by atoms with Crippen LogP contribution in [-0.4, -0.2) is 47.0 Å². The van der Waals surface area contributed by atoms with Crippen molar-refractivity contribution in [1.82, 2.24) is 9.88 Å². The zero-order chi connectivity index (χ0) is 17.2. The number of nitrogens with one attached hydrogen (secondary N) is 1. The van der Waals surface area contributed by atoms with Crippen LogP contribution in [0.1, 0.15) is 44.7 Å². The fraction of sp³-hybridized carbons (Fsp3) is 0.688. The molecule has 0 aromatic carbocycles. The SMILES string of the molecule is CC(C(=O)OC(C)(C)C)N(C)CC(=O)Nc1nc2c(s1)CCC2. The van der Waals surface area contributed by atoms with Crippen LogP contribution in [0.4, 0.5) is 5.13 Å². The van der Waals surface area contributed by atoms with Crippen molar-refractivity contribution in [3.63, 3.8) is 0 Å². The van der Waals surface area contributed by atoms with Crippen molar-refractivity contribution in [2.45, 2.75) is 58.6 Å². The summed E-state index contributed by atoms with van der Waals surface area (Å²) in [5, 5.41) is 3.47. The van der Waals surface area contributed by atoms with Gasteiger partial charge in [0.2, 0.25) is 5.91 Å². The molecule has 0 radical (unpaired) electrons. The number of esters is 1. The van der Waals surface area contributed by atoms with Gasteiger partial charge in [0.15, 0.2) is 5.13 Å². The number of likely N-dealkylation sites (N-methyl/N-ethyl adjacent to an activating group) is 1. The molecule has 0 fully saturated rings. The maximum absolute atomic E-state index is 12.1. The maximum atomic E-state index is 12.1. The van der Waals surface area contributed by atoms with Crippen molar-refractivity contribution in [2.24, 2.45) is 0 Å². The lowest BCUT2D eigenvalue weighted by molar-refractivity contribution is -0.160. The molecule has 1 amide bonds. The lowest BCUT2D eigenvalue weighted by Crippen LogP contribution is -2.43. The standard InChI is InChI=1S/C16H25N3O3S/c1-10(14(21)22-16(2,3)4)19(5)9-13(20)18-15-17-11-7-6-8-12(11)23-15/h10H,6-9H2,1-5H3,(H,17,18,20). The predicted octanol–water partition coefficient (Wildman–Crippen LogP) is 2.23. The third-order valence-corrected chi connectivity index (χ3v) is 4.72. The zero-order valence-electron chi connectivity index (χ0n) is 14.4. The van der Waals surface area contributed by atoms with Crippen molar-refractivity contribution in [1.29, 1.82) is 0 Å². The number of rotatable bonds is 5. The van der Waals surface area contributed by atoms with Gasteiger partial charge in [-0.05, 0) is 54.0 Å². The first kappa shape index (κ1) is 17.9. The van der Waals surface area contributed by atoms with Gasteiger partial charge < -0.3 is 10.1 Å². The molecule has 0 spiro atoms. The third kappa shape index (κ3) is 5.00. The highest BCUT2D eigenvalue weighted by atomic mass is 32.1. The van der Waals surface area contributed by atoms with E-state index < -0.39 is 11.6 Å². The number of aryl methyl sites for hydroxylation is 2. The highest BCUT2D eigenvalue weighted by molar-refractivity contribution is 7.15. The van der Waals surface area contributed by atoms with Crippen LogP contribution in [0.5, 0.6) is 0 Å². The molecule has 0 saturated heterocycles. The first-order valence-electron chi connectivity index (χ1n) is 7.87. The van der Waals surface area contributed by atoms with Crippen molar-refractivity contribution in [3.8, 4) is 0 Å². The number of ether oxygens (including phenoxy) is 1. The van der Waals surface area contributed by atoms with Crippen LogP contribution in [0.3, 0.4) is 0 Å². The summed E-state index contributed by atoms with van der Waals surface area (Å²) in [5.74, 6) is -0.503. The van der Waals surface area contributed by atoms with Crippen LogP contribution < -0.4 is 5.32 Å². The van der Waals surface area contributed by atoms with Gasteiger partial charge in [0.25, 0.3) is 0 Å². The maximum Gasteiger partial charge on any atom is 0.323 e. The number of hydrogen-bond donors (Lipinski definition) is 1. The highest BCUT2D eigenvalue weighted by Gasteiger charge is 2.26. The van der Waals surface area contributed by atoms with E-state index in [1.54, 1.807) is 30.2 Å². The van der Waals surface area contributed by atoms with Gasteiger partial charge in [-0.15, -0.1) is 11.3 Å². The van der Waals surface area contributed by atoms with E-state index in [0.29, 0.717) is 5.13 Å². The number of amides is 1. The number of aromatic nitrogens is 1. The first-order chi connectivity index (χ1) is 10.7. The topological polar surface area (TPSA) is 71.5 Å². The van der Waals surface area contributed by atoms with Gasteiger partial charge >= 0.3 is 5.97 Å². The number of fused-ring (bicyclic) bond motifs is 1. The molecule has 1 aromatic rings. The Morgan fingerprint density at radius 1 is 1.39 bits per heavy atom. The molecule has 0 saturated carbocycles. The number of thiazole rings is 1. The number of carbonyl (C=O) groups is 2. The Bertz CT molecular complexity index is 570. The number of anilines is 1. The van der Waals surface area contributed by atoms with Gasteiger partial charge in [0.05, 0.1) is 12.2 Å². The summed E-state index contributed by atoms with van der Waals surface area (Å²) in [4.78, 5) is 31.5. The van der Waals surface area contributed by atoms with E-state index >= 15 is 0 Å². The van der Waals surface area contributed by atoms with Crippen LogP contribution in [0, 0.1) is 0 Å². The normalized spacial score (nSPS) is 15.4. The summed E-state index contributed by atoms with van der Waals surface area (Å²) in [6.07, 6.45) is 3.20. The monoisotopic (exact) mass is 339 g/mol. The van der Waals surface area contributed by atoms with E-state index in [4.69, 9.17) is 4.74 Å². The minimum Gasteiger partial charge on any atom is -0.459 e. The second-order valence-electron chi connectivity index (χ2n) is 6.92. The Morgan fingerprint density at radius 2 is 2.09 bits per heavy atom. The minimum absolute atomic E-state index is 0.116. The van der Waals surface area contributed by atoms with Crippen LogP contribution >= 0.6 is 11.3 Å². The van der Waals surface area contributed by atoms with Gasteiger partial charge in [0, 0.05) is 4.88 Å². The van der Waals surface area contributed by atoms with Gasteiger partial charge in [-0.3, -0.25) is 14.5 Å². The van der Waals surface area contributed by atoms with E-state index in [2.05, 4.69) is 10.3 Å². The molecular weight excluding hydrogens is 314 g/mol. The molecule has 1 aromatic heterocycles. The molecule has 6 nitrogen and oxygen atoms in total. The quantitative estimate of drug-likeness (QED) is 0.833. The molecule has 1 unspecified atom stereocenters. The molecule has 0 aliphatic heterocycles. The van der Waals surface area contributed by atoms with E-state index in [1.807, 2.05) is 20.8 Å². The molecule has 1 aliphatic rings. The summed E-state index contributed by atoms with van der Waals surface area (Å²) in [6, 6.07) is -0.485. The number of nitrogens with zero attached hydrogens (tertiary/aromatic N) is 2. The van der Waals surface area contributed by atoms with E-state index in [1.165, 1.54) is 4.88 Å². The van der Waals surface area contributed by atoms with E-state index in [9.17, 15) is 9.59 Å². The summed E-state index contributed by atoms with van der Waals surface area (Å²) in [6.45, 7) is 7.33. The van der Waals surface area contributed by atoms with E-state index in [0.717, 1.165) is 25.0 Å². The molecule has 7 heteroatoms. The van der Waals surface area contributed by atoms with Crippen molar-refractivity contribution in [3.05, 3.63) is 10.6 Å². The summed E-state index contributed by atoms with van der Waals surface area (Å²) >= 11 is 1.55. The molecule has 0 bridgehead atoms. The third-order valence-electron chi connectivity index (χ3n) is 3.64. The second-order valence-corrected chi connectivity index (χ2v) is 8.00. The lowest BCUT2D eigenvalue weighted by Gasteiger charge is -2.27. The van der Waals surface area contributed by atoms with Crippen LogP contribution in [0.25, 0.3) is 0 Å². The molecule has 1 heterocycles. The lowest BCUT2D eigenvalue weighted by atomic mass is 10.2. The Kier molecular flexibility index (Phi) is 5.41. The summed E-state index contributed by atoms with van der Waals surface area (Å²) in [5.41, 5.74) is 0.580.